The van der Waals surface area contributed by atoms with Crippen LogP contribution in [0.1, 0.15) is 41.6 Å². The average molecular weight is 307 g/mol. The van der Waals surface area contributed by atoms with E-state index < -0.39 is 0 Å². The number of benzene rings is 1. The number of hydrogen-bond donors (Lipinski definition) is 1. The molecular weight excluding hydrogens is 284 g/mol. The lowest BCUT2D eigenvalue weighted by Crippen LogP contribution is -2.46. The molecule has 1 N–H and O–H groups in total. The highest BCUT2D eigenvalue weighted by Crippen LogP contribution is 2.27. The van der Waals surface area contributed by atoms with Crippen LogP contribution in [-0.2, 0) is 0 Å². The van der Waals surface area contributed by atoms with Gasteiger partial charge in [0.2, 0.25) is 0 Å². The maximum Gasteiger partial charge on any atom is 0.254 e. The molecule has 2 heterocycles. The molecule has 21 heavy (non-hydrogen) atoms. The first-order chi connectivity index (χ1) is 10.2. The molecule has 2 saturated heterocycles. The molecule has 1 amide bonds. The molecule has 1 aromatic rings. The van der Waals surface area contributed by atoms with Gasteiger partial charge in [0, 0.05) is 29.7 Å². The summed E-state index contributed by atoms with van der Waals surface area (Å²) in [7, 11) is 0. The van der Waals surface area contributed by atoms with Gasteiger partial charge in [-0.05, 0) is 62.8 Å². The van der Waals surface area contributed by atoms with Gasteiger partial charge in [0.15, 0.2) is 0 Å². The van der Waals surface area contributed by atoms with Crippen LogP contribution in [0.5, 0.6) is 0 Å². The van der Waals surface area contributed by atoms with Crippen molar-refractivity contribution in [2.24, 2.45) is 5.92 Å². The first-order valence-electron chi connectivity index (χ1n) is 7.94. The Kier molecular flexibility index (Phi) is 4.51. The fourth-order valence-electron chi connectivity index (χ4n) is 3.65. The number of hydrogen-bond acceptors (Lipinski definition) is 2. The second-order valence-corrected chi connectivity index (χ2v) is 6.68. The molecule has 2 aliphatic rings. The second kappa shape index (κ2) is 6.37. The maximum absolute atomic E-state index is 12.8. The van der Waals surface area contributed by atoms with E-state index in [1.165, 1.54) is 19.3 Å². The summed E-state index contributed by atoms with van der Waals surface area (Å²) < 4.78 is 0. The molecule has 2 unspecified atom stereocenters. The Morgan fingerprint density at radius 2 is 2.19 bits per heavy atom. The van der Waals surface area contributed by atoms with Gasteiger partial charge in [0.05, 0.1) is 0 Å². The van der Waals surface area contributed by atoms with Crippen LogP contribution in [0.25, 0.3) is 0 Å². The van der Waals surface area contributed by atoms with Gasteiger partial charge < -0.3 is 10.2 Å². The largest absolute Gasteiger partial charge is 0.338 e. The Morgan fingerprint density at radius 3 is 2.95 bits per heavy atom. The Bertz CT molecular complexity index is 526. The molecular formula is C17H23ClN2O. The van der Waals surface area contributed by atoms with Crippen molar-refractivity contribution in [3.05, 3.63) is 34.3 Å². The summed E-state index contributed by atoms with van der Waals surface area (Å²) in [6, 6.07) is 6.19. The molecule has 0 saturated carbocycles. The number of halogens is 1. The lowest BCUT2D eigenvalue weighted by atomic mass is 9.89. The third kappa shape index (κ3) is 3.09. The Hall–Kier alpha value is -1.06. The van der Waals surface area contributed by atoms with E-state index in [9.17, 15) is 4.79 Å². The van der Waals surface area contributed by atoms with Gasteiger partial charge in [0.25, 0.3) is 5.91 Å². The number of rotatable bonds is 2. The molecule has 3 nitrogen and oxygen atoms in total. The summed E-state index contributed by atoms with van der Waals surface area (Å²) in [6.45, 7) is 4.80. The van der Waals surface area contributed by atoms with Crippen LogP contribution >= 0.6 is 11.6 Å². The molecule has 114 valence electrons. The summed E-state index contributed by atoms with van der Waals surface area (Å²) in [4.78, 5) is 14.8. The SMILES string of the molecule is Cc1c(Cl)cccc1C(=O)N1CCCC(C2CCCN2)C1. The van der Waals surface area contributed by atoms with E-state index in [-0.39, 0.29) is 5.91 Å². The van der Waals surface area contributed by atoms with Gasteiger partial charge in [-0.1, -0.05) is 17.7 Å². The Balaban J connectivity index is 1.73. The van der Waals surface area contributed by atoms with Crippen LogP contribution in [0.3, 0.4) is 0 Å². The lowest BCUT2D eigenvalue weighted by Gasteiger charge is -2.36. The van der Waals surface area contributed by atoms with Gasteiger partial charge >= 0.3 is 0 Å². The molecule has 4 heteroatoms. The minimum Gasteiger partial charge on any atom is -0.338 e. The summed E-state index contributed by atoms with van der Waals surface area (Å²) in [6.07, 6.45) is 4.86. The van der Waals surface area contributed by atoms with Crippen molar-refractivity contribution in [3.63, 3.8) is 0 Å². The normalized spacial score (nSPS) is 26.1. The molecule has 0 aliphatic carbocycles. The molecule has 0 aromatic heterocycles. The average Bonchev–Trinajstić information content (AvgIpc) is 3.04. The van der Waals surface area contributed by atoms with Crippen molar-refractivity contribution in [2.75, 3.05) is 19.6 Å². The topological polar surface area (TPSA) is 32.3 Å². The molecule has 2 fully saturated rings. The minimum absolute atomic E-state index is 0.137. The number of piperidine rings is 1. The van der Waals surface area contributed by atoms with E-state index in [2.05, 4.69) is 5.32 Å². The highest BCUT2D eigenvalue weighted by molar-refractivity contribution is 6.31. The quantitative estimate of drug-likeness (QED) is 0.909. The van der Waals surface area contributed by atoms with E-state index in [0.29, 0.717) is 17.0 Å². The summed E-state index contributed by atoms with van der Waals surface area (Å²) in [5.41, 5.74) is 1.65. The third-order valence-electron chi connectivity index (χ3n) is 4.91. The fraction of sp³-hybridized carbons (Fsp3) is 0.588. The number of amides is 1. The van der Waals surface area contributed by atoms with Crippen molar-refractivity contribution in [1.29, 1.82) is 0 Å². The number of nitrogens with zero attached hydrogens (tertiary/aromatic N) is 1. The minimum atomic E-state index is 0.137. The fourth-order valence-corrected chi connectivity index (χ4v) is 3.82. The van der Waals surface area contributed by atoms with E-state index >= 15 is 0 Å². The lowest BCUT2D eigenvalue weighted by molar-refractivity contribution is 0.0650. The van der Waals surface area contributed by atoms with Crippen LogP contribution < -0.4 is 5.32 Å². The highest BCUT2D eigenvalue weighted by Gasteiger charge is 2.31. The van der Waals surface area contributed by atoms with Gasteiger partial charge in [-0.2, -0.15) is 0 Å². The number of carbonyl (C=O) groups is 1. The van der Waals surface area contributed by atoms with Crippen molar-refractivity contribution < 1.29 is 4.79 Å². The molecule has 1 aromatic carbocycles. The predicted octanol–water partition coefficient (Wildman–Crippen LogP) is 3.25. The van der Waals surface area contributed by atoms with Crippen molar-refractivity contribution >= 4 is 17.5 Å². The van der Waals surface area contributed by atoms with Crippen LogP contribution in [0, 0.1) is 12.8 Å². The van der Waals surface area contributed by atoms with Crippen molar-refractivity contribution in [3.8, 4) is 0 Å². The van der Waals surface area contributed by atoms with Crippen LogP contribution in [0.4, 0.5) is 0 Å². The van der Waals surface area contributed by atoms with Gasteiger partial charge in [-0.25, -0.2) is 0 Å². The van der Waals surface area contributed by atoms with E-state index in [1.807, 2.05) is 30.0 Å². The van der Waals surface area contributed by atoms with E-state index in [1.54, 1.807) is 0 Å². The molecule has 2 aliphatic heterocycles. The van der Waals surface area contributed by atoms with E-state index in [0.717, 1.165) is 37.2 Å². The second-order valence-electron chi connectivity index (χ2n) is 6.27. The molecule has 0 bridgehead atoms. The maximum atomic E-state index is 12.8. The molecule has 0 radical (unpaired) electrons. The zero-order valence-electron chi connectivity index (χ0n) is 12.6. The number of nitrogens with one attached hydrogen (secondary N) is 1. The molecule has 2 atom stereocenters. The highest BCUT2D eigenvalue weighted by atomic mass is 35.5. The monoisotopic (exact) mass is 306 g/mol. The summed E-state index contributed by atoms with van der Waals surface area (Å²) in [5, 5.41) is 4.26. The Morgan fingerprint density at radius 1 is 1.33 bits per heavy atom. The third-order valence-corrected chi connectivity index (χ3v) is 5.32. The number of carbonyl (C=O) groups excluding carboxylic acids is 1. The molecule has 3 rings (SSSR count). The molecule has 0 spiro atoms. The first kappa shape index (κ1) is 14.9. The van der Waals surface area contributed by atoms with Crippen LogP contribution in [0.2, 0.25) is 5.02 Å². The summed E-state index contributed by atoms with van der Waals surface area (Å²) in [5.74, 6) is 0.738. The van der Waals surface area contributed by atoms with Crippen LogP contribution in [0.15, 0.2) is 18.2 Å². The summed E-state index contributed by atoms with van der Waals surface area (Å²) >= 11 is 6.15. The standard InChI is InChI=1S/C17H23ClN2O/c1-12-14(6-2-7-15(12)18)17(21)20-10-4-5-13(11-20)16-8-3-9-19-16/h2,6-7,13,16,19H,3-5,8-11H2,1H3. The van der Waals surface area contributed by atoms with Crippen molar-refractivity contribution in [1.82, 2.24) is 10.2 Å². The van der Waals surface area contributed by atoms with Crippen molar-refractivity contribution in [2.45, 2.75) is 38.6 Å². The predicted molar refractivity (Wildman–Crippen MR) is 85.8 cm³/mol. The van der Waals surface area contributed by atoms with E-state index in [4.69, 9.17) is 11.6 Å². The van der Waals surface area contributed by atoms with Gasteiger partial charge in [-0.15, -0.1) is 0 Å². The number of likely N-dealkylation sites (tertiary alicyclic amines) is 1. The Labute approximate surface area is 131 Å². The zero-order valence-corrected chi connectivity index (χ0v) is 13.3. The van der Waals surface area contributed by atoms with Crippen LogP contribution in [-0.4, -0.2) is 36.5 Å². The first-order valence-corrected chi connectivity index (χ1v) is 8.32. The zero-order chi connectivity index (χ0) is 14.8. The van der Waals surface area contributed by atoms with Gasteiger partial charge in [-0.3, -0.25) is 4.79 Å². The smallest absolute Gasteiger partial charge is 0.254 e. The van der Waals surface area contributed by atoms with Gasteiger partial charge in [0.1, 0.15) is 0 Å².